The van der Waals surface area contributed by atoms with Crippen LogP contribution in [0.3, 0.4) is 0 Å². The molecule has 1 N–H and O–H groups in total. The molecule has 0 aromatic carbocycles. The molecule has 7 nitrogen and oxygen atoms in total. The molecule has 0 aromatic heterocycles. The number of β-lactam (4-membered cyclic amide) rings is 1. The number of aliphatic carboxylic acids is 1. The summed E-state index contributed by atoms with van der Waals surface area (Å²) >= 11 is 1.23. The molecule has 2 aliphatic rings. The minimum absolute atomic E-state index is 0.205. The summed E-state index contributed by atoms with van der Waals surface area (Å²) in [5.41, 5.74) is -2.16. The lowest BCUT2D eigenvalue weighted by Crippen LogP contribution is -2.68. The van der Waals surface area contributed by atoms with Crippen LogP contribution in [0.15, 0.2) is 0 Å². The van der Waals surface area contributed by atoms with Gasteiger partial charge in [0.1, 0.15) is 0 Å². The second-order valence-corrected chi connectivity index (χ2v) is 8.16. The lowest BCUT2D eigenvalue weighted by Gasteiger charge is -2.44. The Bertz CT molecular complexity index is 527. The minimum Gasteiger partial charge on any atom is -0.478 e. The average Bonchev–Trinajstić information content (AvgIpc) is 2.28. The molecule has 2 aliphatic heterocycles. The number of amides is 1. The number of fused-ring (bicyclic) bond motifs is 1. The fraction of sp³-hybridized carbons (Fsp3) is 0.778. The Morgan fingerprint density at radius 1 is 1.56 bits per heavy atom. The van der Waals surface area contributed by atoms with Crippen molar-refractivity contribution in [3.63, 3.8) is 0 Å². The maximum absolute atomic E-state index is 11.6. The average molecular weight is 295 g/mol. The predicted octanol–water partition coefficient (Wildman–Crippen LogP) is -0.173. The topological polar surface area (TPSA) is 101 Å². The maximum atomic E-state index is 11.6. The van der Waals surface area contributed by atoms with E-state index in [1.54, 1.807) is 13.8 Å². The smallest absolute Gasteiger partial charge is 0.360 e. The quantitative estimate of drug-likeness (QED) is 0.569. The van der Waals surface area contributed by atoms with Gasteiger partial charge in [-0.05, 0) is 13.8 Å². The van der Waals surface area contributed by atoms with Crippen molar-refractivity contribution in [2.45, 2.75) is 36.1 Å². The molecule has 2 saturated heterocycles. The molecule has 9 heteroatoms. The number of carbonyl (C=O) groups is 2. The van der Waals surface area contributed by atoms with Crippen molar-refractivity contribution >= 4 is 33.8 Å². The van der Waals surface area contributed by atoms with Crippen molar-refractivity contribution in [2.75, 3.05) is 6.26 Å². The van der Waals surface area contributed by atoms with Gasteiger partial charge in [-0.2, -0.15) is 8.42 Å². The van der Waals surface area contributed by atoms with E-state index in [2.05, 4.69) is 0 Å². The molecule has 0 spiro atoms. The van der Waals surface area contributed by atoms with Gasteiger partial charge in [-0.1, -0.05) is 0 Å². The van der Waals surface area contributed by atoms with Crippen LogP contribution >= 0.6 is 11.8 Å². The first-order valence-corrected chi connectivity index (χ1v) is 7.85. The van der Waals surface area contributed by atoms with Crippen molar-refractivity contribution in [1.29, 1.82) is 0 Å². The van der Waals surface area contributed by atoms with Crippen LogP contribution in [0.2, 0.25) is 0 Å². The summed E-state index contributed by atoms with van der Waals surface area (Å²) < 4.78 is 26.4. The highest BCUT2D eigenvalue weighted by Crippen LogP contribution is 2.57. The number of hydrogen-bond donors (Lipinski definition) is 1. The van der Waals surface area contributed by atoms with Crippen molar-refractivity contribution in [1.82, 2.24) is 4.90 Å². The third-order valence-corrected chi connectivity index (χ3v) is 5.11. The molecule has 102 valence electrons. The first kappa shape index (κ1) is 13.6. The normalized spacial score (nSPS) is 34.1. The second-order valence-electron chi connectivity index (χ2n) is 4.79. The molecule has 0 unspecified atom stereocenters. The molecule has 0 aliphatic carbocycles. The third-order valence-electron chi connectivity index (χ3n) is 3.05. The van der Waals surface area contributed by atoms with Gasteiger partial charge in [-0.15, -0.1) is 11.8 Å². The minimum atomic E-state index is -4.02. The number of hydrogen-bond acceptors (Lipinski definition) is 6. The van der Waals surface area contributed by atoms with Gasteiger partial charge in [0.25, 0.3) is 15.8 Å². The van der Waals surface area contributed by atoms with Crippen LogP contribution in [0.25, 0.3) is 0 Å². The standard InChI is InChI=1S/C9H13NO6S2/c1-8(2)9(7(12)13,16-18(3,14)15)10-5(11)4-6(10)17-8/h6H,4H2,1-3H3,(H,12,13)/t6-,9-/m1/s1. The highest BCUT2D eigenvalue weighted by Gasteiger charge is 2.72. The van der Waals surface area contributed by atoms with Crippen LogP contribution < -0.4 is 0 Å². The van der Waals surface area contributed by atoms with Crippen molar-refractivity contribution in [3.05, 3.63) is 0 Å². The molecule has 2 atom stereocenters. The van der Waals surface area contributed by atoms with Crippen LogP contribution in [-0.2, 0) is 23.9 Å². The zero-order valence-electron chi connectivity index (χ0n) is 10.0. The monoisotopic (exact) mass is 295 g/mol. The zero-order valence-corrected chi connectivity index (χ0v) is 11.7. The summed E-state index contributed by atoms with van der Waals surface area (Å²) in [7, 11) is -4.02. The van der Waals surface area contributed by atoms with Gasteiger partial charge >= 0.3 is 5.97 Å². The number of carboxylic acids is 1. The summed E-state index contributed by atoms with van der Waals surface area (Å²) in [5, 5.41) is 9.06. The molecule has 0 aromatic rings. The molecule has 2 heterocycles. The highest BCUT2D eigenvalue weighted by molar-refractivity contribution is 8.01. The largest absolute Gasteiger partial charge is 0.478 e. The van der Waals surface area contributed by atoms with E-state index in [0.29, 0.717) is 0 Å². The summed E-state index contributed by atoms with van der Waals surface area (Å²) in [4.78, 5) is 24.2. The Morgan fingerprint density at radius 2 is 2.11 bits per heavy atom. The molecule has 2 rings (SSSR count). The van der Waals surface area contributed by atoms with Gasteiger partial charge in [0.2, 0.25) is 5.91 Å². The molecule has 18 heavy (non-hydrogen) atoms. The molecule has 0 saturated carbocycles. The van der Waals surface area contributed by atoms with Crippen LogP contribution in [-0.4, -0.2) is 52.4 Å². The first-order valence-electron chi connectivity index (χ1n) is 5.15. The van der Waals surface area contributed by atoms with E-state index in [9.17, 15) is 23.1 Å². The lowest BCUT2D eigenvalue weighted by molar-refractivity contribution is -0.193. The number of carboxylic acid groups (broad SMARTS) is 1. The number of nitrogens with zero attached hydrogens (tertiary/aromatic N) is 1. The van der Waals surface area contributed by atoms with E-state index >= 15 is 0 Å². The number of thioether (sulfide) groups is 1. The molecular weight excluding hydrogens is 282 g/mol. The molecule has 0 radical (unpaired) electrons. The molecular formula is C9H13NO6S2. The van der Waals surface area contributed by atoms with Crippen molar-refractivity contribution in [2.24, 2.45) is 0 Å². The predicted molar refractivity (Wildman–Crippen MR) is 63.2 cm³/mol. The van der Waals surface area contributed by atoms with E-state index in [0.717, 1.165) is 11.2 Å². The van der Waals surface area contributed by atoms with E-state index in [1.165, 1.54) is 11.8 Å². The first-order chi connectivity index (χ1) is 8.01. The zero-order chi connectivity index (χ0) is 13.9. The van der Waals surface area contributed by atoms with Gasteiger partial charge in [-0.25, -0.2) is 8.98 Å². The highest BCUT2D eigenvalue weighted by atomic mass is 32.2. The van der Waals surface area contributed by atoms with E-state index in [1.807, 2.05) is 0 Å². The van der Waals surface area contributed by atoms with Crippen LogP contribution in [0.5, 0.6) is 0 Å². The number of rotatable bonds is 3. The lowest BCUT2D eigenvalue weighted by atomic mass is 9.94. The van der Waals surface area contributed by atoms with Gasteiger partial charge in [0.05, 0.1) is 22.8 Å². The Kier molecular flexibility index (Phi) is 2.73. The van der Waals surface area contributed by atoms with Crippen molar-refractivity contribution in [3.8, 4) is 0 Å². The molecule has 0 bridgehead atoms. The van der Waals surface area contributed by atoms with Crippen molar-refractivity contribution < 1.29 is 27.3 Å². The van der Waals surface area contributed by atoms with Crippen LogP contribution in [0.1, 0.15) is 20.3 Å². The van der Waals surface area contributed by atoms with Gasteiger partial charge in [0, 0.05) is 0 Å². The summed E-state index contributed by atoms with van der Waals surface area (Å²) in [6.07, 6.45) is 0.978. The summed E-state index contributed by atoms with van der Waals surface area (Å²) in [6, 6.07) is 0. The SMILES string of the molecule is CC1(C)S[C@@H]2CC(=O)N2[C@@]1(OS(C)(=O)=O)C(=O)O. The Balaban J connectivity index is 2.56. The fourth-order valence-corrected chi connectivity index (χ4v) is 4.84. The Labute approximate surface area is 109 Å². The van der Waals surface area contributed by atoms with E-state index < -0.39 is 32.5 Å². The van der Waals surface area contributed by atoms with Crippen LogP contribution in [0, 0.1) is 0 Å². The van der Waals surface area contributed by atoms with Gasteiger partial charge < -0.3 is 5.11 Å². The number of carbonyl (C=O) groups excluding carboxylic acids is 1. The van der Waals surface area contributed by atoms with E-state index in [-0.39, 0.29) is 11.8 Å². The molecule has 1 amide bonds. The fourth-order valence-electron chi connectivity index (χ4n) is 2.33. The van der Waals surface area contributed by atoms with Gasteiger partial charge in [-0.3, -0.25) is 9.69 Å². The Morgan fingerprint density at radius 3 is 2.50 bits per heavy atom. The Hall–Kier alpha value is -0.800. The van der Waals surface area contributed by atoms with Gasteiger partial charge in [0.15, 0.2) is 0 Å². The summed E-state index contributed by atoms with van der Waals surface area (Å²) in [6.45, 7) is 3.12. The summed E-state index contributed by atoms with van der Waals surface area (Å²) in [5.74, 6) is -1.88. The van der Waals surface area contributed by atoms with E-state index in [4.69, 9.17) is 4.18 Å². The molecule has 2 fully saturated rings. The second kappa shape index (κ2) is 3.61. The third kappa shape index (κ3) is 1.64. The van der Waals surface area contributed by atoms with Crippen LogP contribution in [0.4, 0.5) is 0 Å². The maximum Gasteiger partial charge on any atom is 0.360 e.